The molecule has 0 heterocycles. The van der Waals surface area contributed by atoms with Gasteiger partial charge in [0.05, 0.1) is 36.3 Å². The third-order valence-corrected chi connectivity index (χ3v) is 7.09. The maximum Gasteiger partial charge on any atom is 0.0991 e. The van der Waals surface area contributed by atoms with Crippen molar-refractivity contribution >= 4 is 23.6 Å². The first kappa shape index (κ1) is 26.8. The van der Waals surface area contributed by atoms with Crippen molar-refractivity contribution in [3.05, 3.63) is 100 Å². The van der Waals surface area contributed by atoms with E-state index in [0.717, 1.165) is 28.0 Å². The van der Waals surface area contributed by atoms with Crippen molar-refractivity contribution in [1.82, 2.24) is 5.32 Å². The van der Waals surface area contributed by atoms with Crippen molar-refractivity contribution in [3.63, 3.8) is 0 Å². The number of benzene rings is 3. The average Bonchev–Trinajstić information content (AvgIpc) is 2.87. The molecular weight excluding hydrogens is 474 g/mol. The van der Waals surface area contributed by atoms with E-state index in [2.05, 4.69) is 36.5 Å². The highest BCUT2D eigenvalue weighted by Crippen LogP contribution is 2.37. The van der Waals surface area contributed by atoms with E-state index in [9.17, 15) is 10.5 Å². The van der Waals surface area contributed by atoms with Gasteiger partial charge in [0.15, 0.2) is 0 Å². The van der Waals surface area contributed by atoms with E-state index in [1.165, 1.54) is 12.0 Å². The highest BCUT2D eigenvalue weighted by molar-refractivity contribution is 7.94. The quantitative estimate of drug-likeness (QED) is 0.291. The van der Waals surface area contributed by atoms with Crippen LogP contribution in [0.1, 0.15) is 55.0 Å². The van der Waals surface area contributed by atoms with Gasteiger partial charge in [-0.25, -0.2) is 0 Å². The lowest BCUT2D eigenvalue weighted by molar-refractivity contribution is 0.280. The summed E-state index contributed by atoms with van der Waals surface area (Å²) in [4.78, 5) is 0.984. The van der Waals surface area contributed by atoms with E-state index in [1.54, 1.807) is 7.11 Å². The lowest BCUT2D eigenvalue weighted by Crippen LogP contribution is -2.42. The SMILES string of the molecule is COSc1cccc(C(N[C@@H](C)[C@@H](Cc2ccc(Cl)cc2)c2cccc(C#N)c2)C(C)(C)C#N)c1. The fraction of sp³-hybridized carbons (Fsp3) is 0.310. The molecule has 0 aromatic heterocycles. The molecule has 3 aromatic carbocycles. The number of nitriles is 2. The van der Waals surface area contributed by atoms with Crippen LogP contribution in [0.5, 0.6) is 0 Å². The molecule has 3 rings (SSSR count). The van der Waals surface area contributed by atoms with Crippen LogP contribution in [0.2, 0.25) is 5.02 Å². The molecule has 0 saturated heterocycles. The summed E-state index contributed by atoms with van der Waals surface area (Å²) < 4.78 is 5.24. The van der Waals surface area contributed by atoms with E-state index in [4.69, 9.17) is 15.8 Å². The molecule has 0 saturated carbocycles. The third-order valence-electron chi connectivity index (χ3n) is 6.23. The van der Waals surface area contributed by atoms with Crippen molar-refractivity contribution in [2.45, 2.75) is 50.1 Å². The summed E-state index contributed by atoms with van der Waals surface area (Å²) in [5.74, 6) is 0.0676. The minimum Gasteiger partial charge on any atom is -0.314 e. The largest absolute Gasteiger partial charge is 0.314 e. The van der Waals surface area contributed by atoms with Gasteiger partial charge in [-0.1, -0.05) is 48.0 Å². The molecule has 3 aromatic rings. The zero-order valence-corrected chi connectivity index (χ0v) is 22.0. The number of hydrogen-bond donors (Lipinski definition) is 1. The second kappa shape index (κ2) is 12.2. The van der Waals surface area contributed by atoms with Crippen LogP contribution in [0.3, 0.4) is 0 Å². The van der Waals surface area contributed by atoms with Crippen LogP contribution in [0.15, 0.2) is 77.7 Å². The molecule has 0 spiro atoms. The van der Waals surface area contributed by atoms with Crippen molar-refractivity contribution in [2.24, 2.45) is 5.41 Å². The molecule has 4 nitrogen and oxygen atoms in total. The molecule has 1 unspecified atom stereocenters. The standard InChI is InChI=1S/C29H30ClN3OS/c1-20(33-28(29(2,3)19-32)24-9-6-10-26(17-24)35-34-4)27(16-21-11-13-25(30)14-12-21)23-8-5-7-22(15-23)18-31/h5-15,17,20,27-28,33H,16H2,1-4H3/t20-,27+,28?/m0/s1. The van der Waals surface area contributed by atoms with Gasteiger partial charge in [0.2, 0.25) is 0 Å². The first-order valence-corrected chi connectivity index (χ1v) is 12.6. The first-order chi connectivity index (χ1) is 16.8. The third kappa shape index (κ3) is 7.10. The van der Waals surface area contributed by atoms with E-state index < -0.39 is 5.41 Å². The summed E-state index contributed by atoms with van der Waals surface area (Å²) >= 11 is 7.42. The predicted molar refractivity (Wildman–Crippen MR) is 143 cm³/mol. The number of nitrogens with zero attached hydrogens (tertiary/aromatic N) is 2. The van der Waals surface area contributed by atoms with Crippen molar-refractivity contribution in [3.8, 4) is 12.1 Å². The molecule has 0 amide bonds. The van der Waals surface area contributed by atoms with Gasteiger partial charge in [0.25, 0.3) is 0 Å². The number of rotatable bonds is 10. The second-order valence-electron chi connectivity index (χ2n) is 9.22. The number of nitrogens with one attached hydrogen (secondary N) is 1. The Morgan fingerprint density at radius 3 is 2.34 bits per heavy atom. The summed E-state index contributed by atoms with van der Waals surface area (Å²) in [5.41, 5.74) is 3.24. The van der Waals surface area contributed by atoms with Gasteiger partial charge in [-0.2, -0.15) is 10.5 Å². The van der Waals surface area contributed by atoms with Gasteiger partial charge in [-0.3, -0.25) is 0 Å². The molecule has 0 aliphatic carbocycles. The Balaban J connectivity index is 1.99. The summed E-state index contributed by atoms with van der Waals surface area (Å²) in [6.07, 6.45) is 0.763. The topological polar surface area (TPSA) is 68.8 Å². The van der Waals surface area contributed by atoms with Gasteiger partial charge < -0.3 is 9.50 Å². The predicted octanol–water partition coefficient (Wildman–Crippen LogP) is 7.46. The maximum absolute atomic E-state index is 10.0. The molecular formula is C29H30ClN3OS. The Labute approximate surface area is 218 Å². The monoisotopic (exact) mass is 503 g/mol. The molecule has 0 radical (unpaired) electrons. The fourth-order valence-corrected chi connectivity index (χ4v) is 4.94. The molecule has 6 heteroatoms. The summed E-state index contributed by atoms with van der Waals surface area (Å²) in [6, 6.07) is 28.3. The molecule has 180 valence electrons. The van der Waals surface area contributed by atoms with Gasteiger partial charge in [0, 0.05) is 33.9 Å². The van der Waals surface area contributed by atoms with E-state index in [1.807, 2.05) is 74.5 Å². The van der Waals surface area contributed by atoms with Crippen LogP contribution < -0.4 is 5.32 Å². The van der Waals surface area contributed by atoms with Crippen molar-refractivity contribution in [2.75, 3.05) is 7.11 Å². The van der Waals surface area contributed by atoms with Crippen LogP contribution in [-0.2, 0) is 10.6 Å². The zero-order valence-electron chi connectivity index (χ0n) is 20.5. The van der Waals surface area contributed by atoms with Crippen LogP contribution in [0.25, 0.3) is 0 Å². The lowest BCUT2D eigenvalue weighted by Gasteiger charge is -2.36. The molecule has 0 bridgehead atoms. The smallest absolute Gasteiger partial charge is 0.0991 e. The summed E-state index contributed by atoms with van der Waals surface area (Å²) in [7, 11) is 1.64. The summed E-state index contributed by atoms with van der Waals surface area (Å²) in [6.45, 7) is 6.06. The van der Waals surface area contributed by atoms with Crippen LogP contribution in [-0.4, -0.2) is 13.2 Å². The lowest BCUT2D eigenvalue weighted by atomic mass is 9.79. The minimum atomic E-state index is -0.663. The Hall–Kier alpha value is -2.80. The van der Waals surface area contributed by atoms with Crippen molar-refractivity contribution in [1.29, 1.82) is 10.5 Å². The average molecular weight is 504 g/mol. The van der Waals surface area contributed by atoms with Gasteiger partial charge in [-0.05, 0) is 80.3 Å². The Kier molecular flexibility index (Phi) is 9.38. The molecule has 3 atom stereocenters. The molecule has 0 fully saturated rings. The zero-order chi connectivity index (χ0) is 25.4. The van der Waals surface area contributed by atoms with Crippen LogP contribution in [0, 0.1) is 28.1 Å². The van der Waals surface area contributed by atoms with Gasteiger partial charge in [-0.15, -0.1) is 0 Å². The highest BCUT2D eigenvalue weighted by atomic mass is 35.5. The number of hydrogen-bond acceptors (Lipinski definition) is 5. The summed E-state index contributed by atoms with van der Waals surface area (Å²) in [5, 5.41) is 24.0. The van der Waals surface area contributed by atoms with Gasteiger partial charge >= 0.3 is 0 Å². The molecule has 0 aliphatic rings. The van der Waals surface area contributed by atoms with E-state index in [-0.39, 0.29) is 18.0 Å². The minimum absolute atomic E-state index is 0.00372. The van der Waals surface area contributed by atoms with Crippen molar-refractivity contribution < 1.29 is 4.18 Å². The number of halogens is 1. The van der Waals surface area contributed by atoms with E-state index in [0.29, 0.717) is 10.6 Å². The van der Waals surface area contributed by atoms with Crippen LogP contribution >= 0.6 is 23.6 Å². The molecule has 1 N–H and O–H groups in total. The van der Waals surface area contributed by atoms with Gasteiger partial charge in [0.1, 0.15) is 0 Å². The Morgan fingerprint density at radius 2 is 1.69 bits per heavy atom. The van der Waals surface area contributed by atoms with E-state index >= 15 is 0 Å². The normalized spacial score (nSPS) is 13.9. The fourth-order valence-electron chi connectivity index (χ4n) is 4.30. The highest BCUT2D eigenvalue weighted by Gasteiger charge is 2.34. The molecule has 35 heavy (non-hydrogen) atoms. The Morgan fingerprint density at radius 1 is 1.00 bits per heavy atom. The first-order valence-electron chi connectivity index (χ1n) is 11.5. The maximum atomic E-state index is 10.0. The Bertz CT molecular complexity index is 1210. The molecule has 0 aliphatic heterocycles. The second-order valence-corrected chi connectivity index (χ2v) is 10.6. The van der Waals surface area contributed by atoms with Crippen LogP contribution in [0.4, 0.5) is 0 Å².